The fraction of sp³-hybridized carbons (Fsp3) is 0.500. The van der Waals surface area contributed by atoms with Crippen molar-refractivity contribution in [2.24, 2.45) is 11.7 Å². The fourth-order valence-electron chi connectivity index (χ4n) is 2.11. The monoisotopic (exact) mass is 268 g/mol. The minimum Gasteiger partial charge on any atom is -0.370 e. The van der Waals surface area contributed by atoms with Crippen LogP contribution in [0.3, 0.4) is 0 Å². The van der Waals surface area contributed by atoms with Gasteiger partial charge in [0.05, 0.1) is 5.69 Å². The Kier molecular flexibility index (Phi) is 3.32. The third kappa shape index (κ3) is 2.34. The van der Waals surface area contributed by atoms with E-state index >= 15 is 0 Å². The second-order valence-corrected chi connectivity index (χ2v) is 5.15. The van der Waals surface area contributed by atoms with Crippen LogP contribution in [0.15, 0.2) is 22.7 Å². The first kappa shape index (κ1) is 11.0. The van der Waals surface area contributed by atoms with Crippen LogP contribution in [0.1, 0.15) is 12.0 Å². The van der Waals surface area contributed by atoms with Gasteiger partial charge in [0.15, 0.2) is 0 Å². The van der Waals surface area contributed by atoms with Gasteiger partial charge in [-0.3, -0.25) is 0 Å². The van der Waals surface area contributed by atoms with E-state index in [4.69, 9.17) is 5.73 Å². The van der Waals surface area contributed by atoms with Gasteiger partial charge in [-0.1, -0.05) is 6.07 Å². The molecule has 1 aliphatic heterocycles. The van der Waals surface area contributed by atoms with Gasteiger partial charge in [-0.2, -0.15) is 0 Å². The van der Waals surface area contributed by atoms with Gasteiger partial charge in [0.2, 0.25) is 0 Å². The molecular formula is C12H17BrN2. The van der Waals surface area contributed by atoms with Crippen LogP contribution in [0.25, 0.3) is 0 Å². The highest BCUT2D eigenvalue weighted by Gasteiger charge is 2.22. The van der Waals surface area contributed by atoms with E-state index in [1.807, 2.05) is 0 Å². The predicted octanol–water partition coefficient (Wildman–Crippen LogP) is 2.54. The molecule has 82 valence electrons. The summed E-state index contributed by atoms with van der Waals surface area (Å²) >= 11 is 3.63. The predicted molar refractivity (Wildman–Crippen MR) is 68.3 cm³/mol. The molecule has 0 aromatic heterocycles. The van der Waals surface area contributed by atoms with E-state index < -0.39 is 0 Å². The van der Waals surface area contributed by atoms with E-state index in [1.54, 1.807) is 0 Å². The van der Waals surface area contributed by atoms with Crippen molar-refractivity contribution in [3.05, 3.63) is 28.2 Å². The third-order valence-electron chi connectivity index (χ3n) is 3.06. The molecule has 0 aliphatic carbocycles. The van der Waals surface area contributed by atoms with E-state index in [9.17, 15) is 0 Å². The van der Waals surface area contributed by atoms with Crippen molar-refractivity contribution in [2.75, 3.05) is 24.5 Å². The summed E-state index contributed by atoms with van der Waals surface area (Å²) in [5.41, 5.74) is 8.29. The molecular weight excluding hydrogens is 252 g/mol. The number of hydrogen-bond acceptors (Lipinski definition) is 2. The Bertz CT molecular complexity index is 351. The maximum Gasteiger partial charge on any atom is 0.0510 e. The lowest BCUT2D eigenvalue weighted by atomic mass is 10.1. The van der Waals surface area contributed by atoms with Crippen molar-refractivity contribution in [2.45, 2.75) is 13.3 Å². The van der Waals surface area contributed by atoms with Gasteiger partial charge < -0.3 is 10.6 Å². The van der Waals surface area contributed by atoms with Crippen molar-refractivity contribution in [3.63, 3.8) is 0 Å². The lowest BCUT2D eigenvalue weighted by Gasteiger charge is -2.20. The average Bonchev–Trinajstić information content (AvgIpc) is 2.66. The number of halogens is 1. The first-order valence-corrected chi connectivity index (χ1v) is 6.21. The average molecular weight is 269 g/mol. The maximum absolute atomic E-state index is 5.70. The summed E-state index contributed by atoms with van der Waals surface area (Å²) in [5, 5.41) is 0. The third-order valence-corrected chi connectivity index (χ3v) is 3.70. The van der Waals surface area contributed by atoms with Crippen LogP contribution in [0.4, 0.5) is 5.69 Å². The molecule has 2 rings (SSSR count). The number of nitrogens with zero attached hydrogens (tertiary/aromatic N) is 1. The molecule has 1 aromatic rings. The van der Waals surface area contributed by atoms with Crippen molar-refractivity contribution < 1.29 is 0 Å². The zero-order chi connectivity index (χ0) is 10.8. The molecule has 2 N–H and O–H groups in total. The van der Waals surface area contributed by atoms with Crippen LogP contribution in [0.5, 0.6) is 0 Å². The van der Waals surface area contributed by atoms with Gasteiger partial charge in [-0.25, -0.2) is 0 Å². The molecule has 0 amide bonds. The SMILES string of the molecule is Cc1ccc(N2CCC(CN)C2)c(Br)c1. The van der Waals surface area contributed by atoms with Crippen LogP contribution in [-0.4, -0.2) is 19.6 Å². The minimum atomic E-state index is 0.665. The highest BCUT2D eigenvalue weighted by Crippen LogP contribution is 2.31. The topological polar surface area (TPSA) is 29.3 Å². The second kappa shape index (κ2) is 4.54. The molecule has 1 fully saturated rings. The first-order chi connectivity index (χ1) is 7.20. The first-order valence-electron chi connectivity index (χ1n) is 5.42. The summed E-state index contributed by atoms with van der Waals surface area (Å²) in [4.78, 5) is 2.42. The summed E-state index contributed by atoms with van der Waals surface area (Å²) in [5.74, 6) is 0.665. The van der Waals surface area contributed by atoms with Crippen LogP contribution in [0.2, 0.25) is 0 Å². The smallest absolute Gasteiger partial charge is 0.0510 e. The molecule has 1 atom stereocenters. The molecule has 3 heteroatoms. The highest BCUT2D eigenvalue weighted by molar-refractivity contribution is 9.10. The quantitative estimate of drug-likeness (QED) is 0.894. The summed E-state index contributed by atoms with van der Waals surface area (Å²) in [6.07, 6.45) is 1.22. The largest absolute Gasteiger partial charge is 0.370 e. The molecule has 1 aromatic carbocycles. The standard InChI is InChI=1S/C12H17BrN2/c1-9-2-3-12(11(13)6-9)15-5-4-10(7-14)8-15/h2-3,6,10H,4-5,7-8,14H2,1H3. The molecule has 2 nitrogen and oxygen atoms in total. The lowest BCUT2D eigenvalue weighted by molar-refractivity contribution is 0.602. The van der Waals surface area contributed by atoms with Crippen LogP contribution < -0.4 is 10.6 Å². The molecule has 0 radical (unpaired) electrons. The Morgan fingerprint density at radius 1 is 1.53 bits per heavy atom. The summed E-state index contributed by atoms with van der Waals surface area (Å²) in [6.45, 7) is 5.14. The van der Waals surface area contributed by atoms with Gasteiger partial charge in [0.1, 0.15) is 0 Å². The number of hydrogen-bond donors (Lipinski definition) is 1. The molecule has 0 spiro atoms. The van der Waals surface area contributed by atoms with E-state index in [2.05, 4.69) is 46.0 Å². The van der Waals surface area contributed by atoms with Crippen molar-refractivity contribution in [3.8, 4) is 0 Å². The number of anilines is 1. The zero-order valence-electron chi connectivity index (χ0n) is 9.04. The van der Waals surface area contributed by atoms with E-state index in [-0.39, 0.29) is 0 Å². The Hall–Kier alpha value is -0.540. The molecule has 1 unspecified atom stereocenters. The van der Waals surface area contributed by atoms with Gasteiger partial charge in [0, 0.05) is 17.6 Å². The van der Waals surface area contributed by atoms with Gasteiger partial charge in [-0.05, 0) is 59.4 Å². The maximum atomic E-state index is 5.70. The zero-order valence-corrected chi connectivity index (χ0v) is 10.6. The fourth-order valence-corrected chi connectivity index (χ4v) is 2.86. The molecule has 1 saturated heterocycles. The number of benzene rings is 1. The van der Waals surface area contributed by atoms with Crippen molar-refractivity contribution >= 4 is 21.6 Å². The Morgan fingerprint density at radius 3 is 2.93 bits per heavy atom. The number of nitrogens with two attached hydrogens (primary N) is 1. The minimum absolute atomic E-state index is 0.665. The van der Waals surface area contributed by atoms with E-state index in [0.717, 1.165) is 19.6 Å². The normalized spacial score (nSPS) is 21.0. The van der Waals surface area contributed by atoms with Crippen molar-refractivity contribution in [1.82, 2.24) is 0 Å². The summed E-state index contributed by atoms with van der Waals surface area (Å²) in [6, 6.07) is 6.53. The number of aryl methyl sites for hydroxylation is 1. The molecule has 1 heterocycles. The Balaban J connectivity index is 2.17. The molecule has 15 heavy (non-hydrogen) atoms. The Morgan fingerprint density at radius 2 is 2.33 bits per heavy atom. The lowest BCUT2D eigenvalue weighted by Crippen LogP contribution is -2.22. The highest BCUT2D eigenvalue weighted by atomic mass is 79.9. The molecule has 1 aliphatic rings. The van der Waals surface area contributed by atoms with E-state index in [0.29, 0.717) is 5.92 Å². The summed E-state index contributed by atoms with van der Waals surface area (Å²) < 4.78 is 1.19. The van der Waals surface area contributed by atoms with Crippen LogP contribution in [0, 0.1) is 12.8 Å². The summed E-state index contributed by atoms with van der Waals surface area (Å²) in [7, 11) is 0. The Labute approximate surface area is 99.6 Å². The van der Waals surface area contributed by atoms with Gasteiger partial charge in [0.25, 0.3) is 0 Å². The van der Waals surface area contributed by atoms with Crippen LogP contribution >= 0.6 is 15.9 Å². The van der Waals surface area contributed by atoms with Gasteiger partial charge >= 0.3 is 0 Å². The van der Waals surface area contributed by atoms with Crippen molar-refractivity contribution in [1.29, 1.82) is 0 Å². The van der Waals surface area contributed by atoms with Gasteiger partial charge in [-0.15, -0.1) is 0 Å². The molecule has 0 saturated carbocycles. The van der Waals surface area contributed by atoms with E-state index in [1.165, 1.54) is 22.1 Å². The second-order valence-electron chi connectivity index (χ2n) is 4.29. The number of rotatable bonds is 2. The van der Waals surface area contributed by atoms with Crippen LogP contribution in [-0.2, 0) is 0 Å². The molecule has 0 bridgehead atoms.